The molecule has 3 saturated carbocycles. The average molecular weight is 415 g/mol. The molecule has 0 N–H and O–H groups in total. The summed E-state index contributed by atoms with van der Waals surface area (Å²) in [4.78, 5) is 12.6. The van der Waals surface area contributed by atoms with Gasteiger partial charge in [0.05, 0.1) is 12.2 Å². The highest BCUT2D eigenvalue weighted by atomic mass is 16.7. The van der Waals surface area contributed by atoms with E-state index in [0.29, 0.717) is 47.1 Å². The van der Waals surface area contributed by atoms with E-state index in [-0.39, 0.29) is 11.7 Å². The molecule has 0 aromatic heterocycles. The van der Waals surface area contributed by atoms with Gasteiger partial charge >= 0.3 is 0 Å². The molecule has 5 rings (SSSR count). The van der Waals surface area contributed by atoms with Gasteiger partial charge in [-0.2, -0.15) is 0 Å². The van der Waals surface area contributed by atoms with Crippen LogP contribution in [-0.4, -0.2) is 24.3 Å². The lowest BCUT2D eigenvalue weighted by Gasteiger charge is -2.57. The molecule has 10 atom stereocenters. The van der Waals surface area contributed by atoms with Gasteiger partial charge in [0.2, 0.25) is 0 Å². The summed E-state index contributed by atoms with van der Waals surface area (Å²) < 4.78 is 12.8. The zero-order chi connectivity index (χ0) is 21.3. The van der Waals surface area contributed by atoms with E-state index in [2.05, 4.69) is 40.7 Å². The molecule has 4 aliphatic carbocycles. The summed E-state index contributed by atoms with van der Waals surface area (Å²) in [5, 5.41) is 0. The molecular formula is C27H42O3. The topological polar surface area (TPSA) is 35.5 Å². The lowest BCUT2D eigenvalue weighted by molar-refractivity contribution is -0.249. The molecule has 1 heterocycles. The van der Waals surface area contributed by atoms with Crippen LogP contribution >= 0.6 is 0 Å². The summed E-state index contributed by atoms with van der Waals surface area (Å²) in [6.07, 6.45) is 13.2. The van der Waals surface area contributed by atoms with Gasteiger partial charge < -0.3 is 9.47 Å². The number of carbonyl (C=O) groups excluding carboxylic acids is 1. The Morgan fingerprint density at radius 1 is 1.03 bits per heavy atom. The standard InChI is InChI=1S/C27H42O3/c1-16-14-17(2)29-25(18(16)3)30-20-10-12-26(4)19(15-20)6-7-21-22-8-9-24(28)27(22,5)13-11-23(21)26/h6,16-18,20-23,25H,7-15H2,1-5H3/t16?,17?,18-,20+,21+,22+,23+,25+,26+,27+/m1/s1. The molecule has 0 aromatic carbocycles. The van der Waals surface area contributed by atoms with Crippen molar-refractivity contribution in [1.29, 1.82) is 0 Å². The molecule has 2 unspecified atom stereocenters. The zero-order valence-electron chi connectivity index (χ0n) is 19.8. The van der Waals surface area contributed by atoms with Crippen molar-refractivity contribution in [3.63, 3.8) is 0 Å². The molecule has 30 heavy (non-hydrogen) atoms. The minimum absolute atomic E-state index is 0.0228. The third-order valence-electron chi connectivity index (χ3n) is 10.5. The summed E-state index contributed by atoms with van der Waals surface area (Å²) in [6, 6.07) is 0. The summed E-state index contributed by atoms with van der Waals surface area (Å²) in [7, 11) is 0. The number of Topliss-reactive ketones (excluding diaryl/α,β-unsaturated/α-hetero) is 1. The Bertz CT molecular complexity index is 728. The van der Waals surface area contributed by atoms with E-state index in [1.807, 2.05) is 0 Å². The molecule has 168 valence electrons. The van der Waals surface area contributed by atoms with Gasteiger partial charge in [-0.3, -0.25) is 4.79 Å². The molecule has 0 aromatic rings. The lowest BCUT2D eigenvalue weighted by atomic mass is 9.48. The van der Waals surface area contributed by atoms with Crippen LogP contribution in [0.5, 0.6) is 0 Å². The molecule has 0 spiro atoms. The fourth-order valence-electron chi connectivity index (χ4n) is 8.28. The Labute approximate surface area is 183 Å². The predicted octanol–water partition coefficient (Wildman–Crippen LogP) is 6.31. The second-order valence-corrected chi connectivity index (χ2v) is 12.1. The first-order valence-corrected chi connectivity index (χ1v) is 12.8. The second-order valence-electron chi connectivity index (χ2n) is 12.1. The van der Waals surface area contributed by atoms with Crippen molar-refractivity contribution < 1.29 is 14.3 Å². The van der Waals surface area contributed by atoms with Crippen LogP contribution in [0, 0.1) is 40.4 Å². The van der Waals surface area contributed by atoms with E-state index in [1.165, 1.54) is 19.3 Å². The number of hydrogen-bond acceptors (Lipinski definition) is 3. The van der Waals surface area contributed by atoms with Crippen LogP contribution in [0.15, 0.2) is 11.6 Å². The molecule has 3 nitrogen and oxygen atoms in total. The Kier molecular flexibility index (Phi) is 5.26. The highest BCUT2D eigenvalue weighted by Crippen LogP contribution is 2.64. The van der Waals surface area contributed by atoms with E-state index in [1.54, 1.807) is 5.57 Å². The van der Waals surface area contributed by atoms with Crippen LogP contribution in [0.4, 0.5) is 0 Å². The molecule has 0 amide bonds. The van der Waals surface area contributed by atoms with Gasteiger partial charge in [-0.05, 0) is 87.4 Å². The fraction of sp³-hybridized carbons (Fsp3) is 0.889. The van der Waals surface area contributed by atoms with Crippen LogP contribution in [0.3, 0.4) is 0 Å². The van der Waals surface area contributed by atoms with Crippen molar-refractivity contribution in [1.82, 2.24) is 0 Å². The number of hydrogen-bond donors (Lipinski definition) is 0. The number of ether oxygens (including phenoxy) is 2. The van der Waals surface area contributed by atoms with Crippen molar-refractivity contribution in [2.45, 2.75) is 111 Å². The number of rotatable bonds is 2. The van der Waals surface area contributed by atoms with Gasteiger partial charge in [-0.1, -0.05) is 39.3 Å². The lowest BCUT2D eigenvalue weighted by Crippen LogP contribution is -2.51. The van der Waals surface area contributed by atoms with Crippen LogP contribution in [0.25, 0.3) is 0 Å². The van der Waals surface area contributed by atoms with Gasteiger partial charge in [0.1, 0.15) is 5.78 Å². The molecule has 4 fully saturated rings. The highest BCUT2D eigenvalue weighted by molar-refractivity contribution is 5.87. The Morgan fingerprint density at radius 2 is 1.77 bits per heavy atom. The maximum atomic E-state index is 12.6. The first kappa shape index (κ1) is 21.2. The van der Waals surface area contributed by atoms with E-state index < -0.39 is 0 Å². The summed E-state index contributed by atoms with van der Waals surface area (Å²) >= 11 is 0. The first-order chi connectivity index (χ1) is 14.2. The highest BCUT2D eigenvalue weighted by Gasteiger charge is 2.58. The number of ketones is 1. The van der Waals surface area contributed by atoms with Crippen molar-refractivity contribution >= 4 is 5.78 Å². The molecular weight excluding hydrogens is 372 g/mol. The van der Waals surface area contributed by atoms with E-state index >= 15 is 0 Å². The third-order valence-corrected chi connectivity index (χ3v) is 10.5. The second kappa shape index (κ2) is 7.44. The first-order valence-electron chi connectivity index (χ1n) is 12.8. The smallest absolute Gasteiger partial charge is 0.161 e. The number of allylic oxidation sites excluding steroid dienone is 1. The van der Waals surface area contributed by atoms with Crippen LogP contribution in [0.1, 0.15) is 92.4 Å². The molecule has 1 saturated heterocycles. The third kappa shape index (κ3) is 3.17. The Hall–Kier alpha value is -0.670. The van der Waals surface area contributed by atoms with Crippen LogP contribution in [-0.2, 0) is 14.3 Å². The Balaban J connectivity index is 1.31. The molecule has 0 bridgehead atoms. The number of carbonyl (C=O) groups is 1. The largest absolute Gasteiger partial charge is 0.349 e. The fourth-order valence-corrected chi connectivity index (χ4v) is 8.28. The normalized spacial score (nSPS) is 53.5. The quantitative estimate of drug-likeness (QED) is 0.497. The number of fused-ring (bicyclic) bond motifs is 5. The van der Waals surface area contributed by atoms with Gasteiger partial charge in [0.15, 0.2) is 6.29 Å². The average Bonchev–Trinajstić information content (AvgIpc) is 3.01. The maximum absolute atomic E-state index is 12.6. The van der Waals surface area contributed by atoms with Gasteiger partial charge in [0.25, 0.3) is 0 Å². The minimum atomic E-state index is -0.0464. The Morgan fingerprint density at radius 3 is 2.57 bits per heavy atom. The van der Waals surface area contributed by atoms with Crippen molar-refractivity contribution in [2.75, 3.05) is 0 Å². The molecule has 3 heteroatoms. The van der Waals surface area contributed by atoms with Crippen LogP contribution < -0.4 is 0 Å². The summed E-state index contributed by atoms with van der Waals surface area (Å²) in [6.45, 7) is 11.6. The minimum Gasteiger partial charge on any atom is -0.349 e. The van der Waals surface area contributed by atoms with E-state index in [0.717, 1.165) is 44.4 Å². The van der Waals surface area contributed by atoms with Crippen LogP contribution in [0.2, 0.25) is 0 Å². The van der Waals surface area contributed by atoms with Crippen molar-refractivity contribution in [3.8, 4) is 0 Å². The van der Waals surface area contributed by atoms with E-state index in [4.69, 9.17) is 9.47 Å². The summed E-state index contributed by atoms with van der Waals surface area (Å²) in [5.74, 6) is 3.76. The van der Waals surface area contributed by atoms with Gasteiger partial charge in [-0.15, -0.1) is 0 Å². The molecule has 0 radical (unpaired) electrons. The van der Waals surface area contributed by atoms with Crippen molar-refractivity contribution in [2.24, 2.45) is 40.4 Å². The predicted molar refractivity (Wildman–Crippen MR) is 119 cm³/mol. The molecule has 1 aliphatic heterocycles. The molecule has 5 aliphatic rings. The maximum Gasteiger partial charge on any atom is 0.161 e. The summed E-state index contributed by atoms with van der Waals surface area (Å²) in [5.41, 5.74) is 1.94. The van der Waals surface area contributed by atoms with E-state index in [9.17, 15) is 4.79 Å². The SMILES string of the molecule is CC1CC(C)[C@@H](C)[C@H](O[C@H]2CC[C@@]3(C)C(=CC[C@@H]4[C@@H]3CC[C@]3(C)C(=O)CC[C@@H]43)C2)O1. The zero-order valence-corrected chi connectivity index (χ0v) is 19.8. The van der Waals surface area contributed by atoms with Gasteiger partial charge in [0, 0.05) is 17.8 Å². The monoisotopic (exact) mass is 414 g/mol. The van der Waals surface area contributed by atoms with Gasteiger partial charge in [-0.25, -0.2) is 0 Å². The van der Waals surface area contributed by atoms with Crippen molar-refractivity contribution in [3.05, 3.63) is 11.6 Å².